The topological polar surface area (TPSA) is 64.8 Å². The van der Waals surface area contributed by atoms with Crippen molar-refractivity contribution < 1.29 is 12.8 Å². The zero-order chi connectivity index (χ0) is 17.9. The molecule has 0 fully saturated rings. The van der Waals surface area contributed by atoms with Crippen LogP contribution in [-0.4, -0.2) is 35.0 Å². The molecule has 0 unspecified atom stereocenters. The van der Waals surface area contributed by atoms with Crippen LogP contribution in [0.3, 0.4) is 0 Å². The van der Waals surface area contributed by atoms with E-state index in [-0.39, 0.29) is 11.6 Å². The Hall–Kier alpha value is -2.54. The highest BCUT2D eigenvalue weighted by atomic mass is 32.2. The predicted molar refractivity (Wildman–Crippen MR) is 95.2 cm³/mol. The second-order valence-corrected chi connectivity index (χ2v) is 8.12. The van der Waals surface area contributed by atoms with E-state index >= 15 is 0 Å². The fraction of sp³-hybridized carbons (Fsp3) is 0.222. The second kappa shape index (κ2) is 7.14. The van der Waals surface area contributed by atoms with Crippen molar-refractivity contribution in [1.82, 2.24) is 14.5 Å². The monoisotopic (exact) mass is 359 g/mol. The van der Waals surface area contributed by atoms with Crippen LogP contribution in [0.2, 0.25) is 0 Å². The minimum Gasteiger partial charge on any atom is -0.330 e. The van der Waals surface area contributed by atoms with Gasteiger partial charge in [-0.1, -0.05) is 0 Å². The Kier molecular flexibility index (Phi) is 4.94. The first-order valence-corrected chi connectivity index (χ1v) is 9.89. The maximum Gasteiger partial charge on any atom is 0.147 e. The van der Waals surface area contributed by atoms with Crippen molar-refractivity contribution in [2.45, 2.75) is 13.0 Å². The molecule has 25 heavy (non-hydrogen) atoms. The Morgan fingerprint density at radius 1 is 1.04 bits per heavy atom. The summed E-state index contributed by atoms with van der Waals surface area (Å²) in [6.45, 7) is 0.527. The summed E-state index contributed by atoms with van der Waals surface area (Å²) in [4.78, 5) is 8.51. The number of rotatable bonds is 6. The molecule has 2 heterocycles. The SMILES string of the molecule is CS(=O)(=O)CCCn1cnc(-c2ccc(F)cc2)c1-c1ccncc1. The van der Waals surface area contributed by atoms with Crippen LogP contribution in [0.25, 0.3) is 22.5 Å². The fourth-order valence-corrected chi connectivity index (χ4v) is 3.33. The summed E-state index contributed by atoms with van der Waals surface area (Å²) in [6, 6.07) is 9.91. The third-order valence-electron chi connectivity index (χ3n) is 3.82. The van der Waals surface area contributed by atoms with E-state index in [0.29, 0.717) is 13.0 Å². The molecule has 5 nitrogen and oxygen atoms in total. The number of aryl methyl sites for hydroxylation is 1. The third-order valence-corrected chi connectivity index (χ3v) is 4.85. The molecule has 1 aromatic carbocycles. The van der Waals surface area contributed by atoms with Gasteiger partial charge in [0.2, 0.25) is 0 Å². The Balaban J connectivity index is 2.00. The Labute approximate surface area is 146 Å². The van der Waals surface area contributed by atoms with Crippen LogP contribution < -0.4 is 0 Å². The molecule has 0 atom stereocenters. The number of aromatic nitrogens is 3. The normalized spacial score (nSPS) is 11.6. The van der Waals surface area contributed by atoms with Crippen LogP contribution in [-0.2, 0) is 16.4 Å². The van der Waals surface area contributed by atoms with Gasteiger partial charge in [0.05, 0.1) is 23.5 Å². The smallest absolute Gasteiger partial charge is 0.147 e. The van der Waals surface area contributed by atoms with Gasteiger partial charge in [-0.25, -0.2) is 17.8 Å². The maximum absolute atomic E-state index is 13.2. The molecule has 0 aliphatic heterocycles. The molecule has 2 aromatic heterocycles. The molecule has 3 aromatic rings. The van der Waals surface area contributed by atoms with Crippen LogP contribution in [0.1, 0.15) is 6.42 Å². The van der Waals surface area contributed by atoms with E-state index < -0.39 is 9.84 Å². The zero-order valence-electron chi connectivity index (χ0n) is 13.8. The molecule has 0 saturated heterocycles. The lowest BCUT2D eigenvalue weighted by Gasteiger charge is -2.10. The summed E-state index contributed by atoms with van der Waals surface area (Å²) >= 11 is 0. The first kappa shape index (κ1) is 17.3. The van der Waals surface area contributed by atoms with Crippen LogP contribution in [0.4, 0.5) is 4.39 Å². The molecule has 0 saturated carbocycles. The molecule has 0 radical (unpaired) electrons. The van der Waals surface area contributed by atoms with Gasteiger partial charge in [-0.3, -0.25) is 4.98 Å². The number of halogens is 1. The van der Waals surface area contributed by atoms with Gasteiger partial charge in [0.1, 0.15) is 15.7 Å². The standard InChI is InChI=1S/C18H18FN3O2S/c1-25(23,24)12-2-11-22-13-21-17(14-3-5-16(19)6-4-14)18(22)15-7-9-20-10-8-15/h3-10,13H,2,11-12H2,1H3. The van der Waals surface area contributed by atoms with E-state index in [4.69, 9.17) is 0 Å². The van der Waals surface area contributed by atoms with Crippen LogP contribution in [0, 0.1) is 5.82 Å². The van der Waals surface area contributed by atoms with Crippen molar-refractivity contribution in [3.05, 3.63) is 60.9 Å². The second-order valence-electron chi connectivity index (χ2n) is 5.86. The van der Waals surface area contributed by atoms with E-state index in [0.717, 1.165) is 22.5 Å². The van der Waals surface area contributed by atoms with Gasteiger partial charge in [0.25, 0.3) is 0 Å². The van der Waals surface area contributed by atoms with Crippen LogP contribution in [0.15, 0.2) is 55.1 Å². The van der Waals surface area contributed by atoms with Crippen molar-refractivity contribution in [2.24, 2.45) is 0 Å². The average Bonchev–Trinajstić information content (AvgIpc) is 2.99. The summed E-state index contributed by atoms with van der Waals surface area (Å²) in [5, 5.41) is 0. The predicted octanol–water partition coefficient (Wildman–Crippen LogP) is 3.19. The lowest BCUT2D eigenvalue weighted by Crippen LogP contribution is -2.08. The lowest BCUT2D eigenvalue weighted by molar-refractivity contribution is 0.592. The minimum atomic E-state index is -3.01. The Bertz CT molecular complexity index is 952. The minimum absolute atomic E-state index is 0.118. The Morgan fingerprint density at radius 3 is 2.36 bits per heavy atom. The van der Waals surface area contributed by atoms with Gasteiger partial charge in [-0.2, -0.15) is 0 Å². The van der Waals surface area contributed by atoms with Gasteiger partial charge >= 0.3 is 0 Å². The molecule has 0 bridgehead atoms. The highest BCUT2D eigenvalue weighted by Gasteiger charge is 2.15. The maximum atomic E-state index is 13.2. The van der Waals surface area contributed by atoms with Crippen molar-refractivity contribution in [3.8, 4) is 22.5 Å². The molecule has 0 spiro atoms. The Morgan fingerprint density at radius 2 is 1.72 bits per heavy atom. The van der Waals surface area contributed by atoms with E-state index in [1.165, 1.54) is 18.4 Å². The van der Waals surface area contributed by atoms with E-state index in [1.54, 1.807) is 30.9 Å². The number of sulfone groups is 1. The molecule has 130 valence electrons. The van der Waals surface area contributed by atoms with Gasteiger partial charge in [0, 0.05) is 36.3 Å². The quantitative estimate of drug-likeness (QED) is 0.678. The van der Waals surface area contributed by atoms with Gasteiger partial charge in [-0.15, -0.1) is 0 Å². The largest absolute Gasteiger partial charge is 0.330 e. The molecular formula is C18H18FN3O2S. The number of pyridine rings is 1. The number of hydrogen-bond donors (Lipinski definition) is 0. The highest BCUT2D eigenvalue weighted by Crippen LogP contribution is 2.31. The number of imidazole rings is 1. The first-order chi connectivity index (χ1) is 11.9. The van der Waals surface area contributed by atoms with Crippen molar-refractivity contribution >= 4 is 9.84 Å². The molecule has 0 amide bonds. The summed E-state index contributed by atoms with van der Waals surface area (Å²) in [7, 11) is -3.01. The number of hydrogen-bond acceptors (Lipinski definition) is 4. The number of nitrogens with zero attached hydrogens (tertiary/aromatic N) is 3. The van der Waals surface area contributed by atoms with Crippen molar-refractivity contribution in [3.63, 3.8) is 0 Å². The highest BCUT2D eigenvalue weighted by molar-refractivity contribution is 7.90. The molecular weight excluding hydrogens is 341 g/mol. The van der Waals surface area contributed by atoms with E-state index in [2.05, 4.69) is 9.97 Å². The molecule has 0 aliphatic rings. The zero-order valence-corrected chi connectivity index (χ0v) is 14.6. The van der Waals surface area contributed by atoms with Crippen LogP contribution in [0.5, 0.6) is 0 Å². The third kappa shape index (κ3) is 4.30. The summed E-state index contributed by atoms with van der Waals surface area (Å²) in [6.07, 6.45) is 6.80. The van der Waals surface area contributed by atoms with Crippen molar-refractivity contribution in [1.29, 1.82) is 0 Å². The summed E-state index contributed by atoms with van der Waals surface area (Å²) in [5.41, 5.74) is 3.31. The molecule has 0 N–H and O–H groups in total. The summed E-state index contributed by atoms with van der Waals surface area (Å²) in [5.74, 6) is -0.186. The van der Waals surface area contributed by atoms with Crippen LogP contribution >= 0.6 is 0 Å². The average molecular weight is 359 g/mol. The molecule has 0 aliphatic carbocycles. The van der Waals surface area contributed by atoms with Gasteiger partial charge < -0.3 is 4.57 Å². The summed E-state index contributed by atoms with van der Waals surface area (Å²) < 4.78 is 37.9. The van der Waals surface area contributed by atoms with E-state index in [1.807, 2.05) is 16.7 Å². The lowest BCUT2D eigenvalue weighted by atomic mass is 10.1. The number of benzene rings is 1. The first-order valence-electron chi connectivity index (χ1n) is 7.83. The molecule has 7 heteroatoms. The van der Waals surface area contributed by atoms with E-state index in [9.17, 15) is 12.8 Å². The van der Waals surface area contributed by atoms with Gasteiger partial charge in [-0.05, 0) is 42.8 Å². The van der Waals surface area contributed by atoms with Crippen molar-refractivity contribution in [2.75, 3.05) is 12.0 Å². The fourth-order valence-electron chi connectivity index (χ4n) is 2.68. The molecule has 3 rings (SSSR count). The van der Waals surface area contributed by atoms with Gasteiger partial charge in [0.15, 0.2) is 0 Å².